The predicted molar refractivity (Wildman–Crippen MR) is 90.5 cm³/mol. The van der Waals surface area contributed by atoms with Crippen LogP contribution in [-0.2, 0) is 17.6 Å². The minimum absolute atomic E-state index is 0.221. The number of aliphatic hydroxyl groups is 2. The molecule has 0 saturated carbocycles. The maximum Gasteiger partial charge on any atom is 0.0716 e. The van der Waals surface area contributed by atoms with Crippen LogP contribution in [0, 0.1) is 5.41 Å². The molecule has 1 atom stereocenters. The smallest absolute Gasteiger partial charge is 0.0716 e. The van der Waals surface area contributed by atoms with Gasteiger partial charge >= 0.3 is 0 Å². The van der Waals surface area contributed by atoms with Crippen molar-refractivity contribution >= 4 is 0 Å². The molecule has 0 radical (unpaired) electrons. The number of rotatable bonds is 6. The van der Waals surface area contributed by atoms with Crippen LogP contribution in [0.3, 0.4) is 0 Å². The van der Waals surface area contributed by atoms with E-state index in [9.17, 15) is 10.2 Å². The maximum absolute atomic E-state index is 10.5. The fourth-order valence-electron chi connectivity index (χ4n) is 4.02. The van der Waals surface area contributed by atoms with Crippen LogP contribution in [0.5, 0.6) is 0 Å². The zero-order valence-electron chi connectivity index (χ0n) is 14.1. The van der Waals surface area contributed by atoms with E-state index in [1.807, 2.05) is 0 Å². The Morgan fingerprint density at radius 1 is 1.17 bits per heavy atom. The minimum Gasteiger partial charge on any atom is -0.392 e. The molecule has 1 aromatic rings. The number of aliphatic hydroxyl groups excluding tert-OH is 1. The zero-order valence-corrected chi connectivity index (χ0v) is 14.1. The molecule has 1 aliphatic carbocycles. The van der Waals surface area contributed by atoms with Crippen molar-refractivity contribution in [3.63, 3.8) is 0 Å². The maximum atomic E-state index is 10.5. The molecule has 1 aliphatic heterocycles. The Hall–Kier alpha value is -0.940. The Bertz CT molecular complexity index is 500. The van der Waals surface area contributed by atoms with Gasteiger partial charge in [0, 0.05) is 32.7 Å². The topological polar surface area (TPSA) is 61.7 Å². The van der Waals surface area contributed by atoms with Crippen molar-refractivity contribution in [2.45, 2.75) is 50.7 Å². The van der Waals surface area contributed by atoms with Gasteiger partial charge in [-0.15, -0.1) is 0 Å². The number of hydrogen-bond donors (Lipinski definition) is 3. The molecule has 2 aliphatic rings. The highest BCUT2D eigenvalue weighted by Gasteiger charge is 2.34. The van der Waals surface area contributed by atoms with E-state index in [-0.39, 0.29) is 5.41 Å². The van der Waals surface area contributed by atoms with E-state index in [0.717, 1.165) is 19.4 Å². The summed E-state index contributed by atoms with van der Waals surface area (Å²) in [7, 11) is 0. The van der Waals surface area contributed by atoms with Gasteiger partial charge in [-0.25, -0.2) is 0 Å². The molecule has 23 heavy (non-hydrogen) atoms. The van der Waals surface area contributed by atoms with Gasteiger partial charge in [-0.1, -0.05) is 31.2 Å². The first-order valence-corrected chi connectivity index (χ1v) is 8.74. The average Bonchev–Trinajstić information content (AvgIpc) is 2.83. The van der Waals surface area contributed by atoms with Gasteiger partial charge in [0.15, 0.2) is 0 Å². The molecule has 128 valence electrons. The van der Waals surface area contributed by atoms with E-state index in [4.69, 9.17) is 4.74 Å². The third-order valence-corrected chi connectivity index (χ3v) is 5.32. The normalized spacial score (nSPS) is 23.4. The number of nitrogens with one attached hydrogen (secondary N) is 1. The molecule has 1 aromatic carbocycles. The third-order valence-electron chi connectivity index (χ3n) is 5.32. The van der Waals surface area contributed by atoms with Gasteiger partial charge in [0.05, 0.1) is 11.7 Å². The molecule has 4 heteroatoms. The molecule has 1 unspecified atom stereocenters. The van der Waals surface area contributed by atoms with Crippen molar-refractivity contribution in [3.8, 4) is 0 Å². The van der Waals surface area contributed by atoms with Crippen molar-refractivity contribution in [2.24, 2.45) is 5.41 Å². The fraction of sp³-hybridized carbons (Fsp3) is 0.684. The van der Waals surface area contributed by atoms with Crippen LogP contribution in [0.4, 0.5) is 0 Å². The van der Waals surface area contributed by atoms with Crippen LogP contribution in [-0.4, -0.2) is 48.2 Å². The Balaban J connectivity index is 1.43. The molecular formula is C19H29NO3. The zero-order chi connectivity index (χ0) is 16.3. The molecule has 0 bridgehead atoms. The summed E-state index contributed by atoms with van der Waals surface area (Å²) in [5.74, 6) is 0. The summed E-state index contributed by atoms with van der Waals surface area (Å²) in [6.45, 7) is 4.91. The van der Waals surface area contributed by atoms with Crippen LogP contribution in [0.25, 0.3) is 0 Å². The lowest BCUT2D eigenvalue weighted by Gasteiger charge is -2.34. The summed E-state index contributed by atoms with van der Waals surface area (Å²) >= 11 is 0. The molecule has 1 heterocycles. The Morgan fingerprint density at radius 3 is 2.39 bits per heavy atom. The van der Waals surface area contributed by atoms with E-state index in [1.54, 1.807) is 0 Å². The predicted octanol–water partition coefficient (Wildman–Crippen LogP) is 1.67. The Morgan fingerprint density at radius 2 is 1.78 bits per heavy atom. The highest BCUT2D eigenvalue weighted by molar-refractivity contribution is 5.34. The molecule has 4 nitrogen and oxygen atoms in total. The van der Waals surface area contributed by atoms with E-state index >= 15 is 0 Å². The second kappa shape index (κ2) is 6.89. The van der Waals surface area contributed by atoms with Gasteiger partial charge in [0.25, 0.3) is 0 Å². The fourth-order valence-corrected chi connectivity index (χ4v) is 4.02. The molecule has 1 fully saturated rings. The second-order valence-electron chi connectivity index (χ2n) is 7.76. The second-order valence-corrected chi connectivity index (χ2v) is 7.76. The number of benzene rings is 1. The minimum atomic E-state index is -0.757. The van der Waals surface area contributed by atoms with Crippen LogP contribution >= 0.6 is 0 Å². The van der Waals surface area contributed by atoms with Crippen LogP contribution in [0.1, 0.15) is 37.3 Å². The van der Waals surface area contributed by atoms with Crippen molar-refractivity contribution in [1.82, 2.24) is 5.32 Å². The summed E-state index contributed by atoms with van der Waals surface area (Å²) in [6.07, 6.45) is 3.35. The largest absolute Gasteiger partial charge is 0.392 e. The van der Waals surface area contributed by atoms with Gasteiger partial charge in [-0.05, 0) is 42.2 Å². The molecular weight excluding hydrogens is 290 g/mol. The molecule has 1 saturated heterocycles. The molecule has 0 aromatic heterocycles. The van der Waals surface area contributed by atoms with Crippen LogP contribution in [0.15, 0.2) is 24.3 Å². The van der Waals surface area contributed by atoms with Gasteiger partial charge in [-0.3, -0.25) is 0 Å². The SMILES string of the molecule is CC1(CNCC(O)CC2(O)CCOCC2)Cc2ccccc2C1. The van der Waals surface area contributed by atoms with Gasteiger partial charge in [0.2, 0.25) is 0 Å². The summed E-state index contributed by atoms with van der Waals surface area (Å²) < 4.78 is 5.28. The Kier molecular flexibility index (Phi) is 5.07. The summed E-state index contributed by atoms with van der Waals surface area (Å²) in [5.41, 5.74) is 2.37. The number of hydrogen-bond acceptors (Lipinski definition) is 4. The first-order chi connectivity index (χ1) is 11.0. The lowest BCUT2D eigenvalue weighted by Crippen LogP contribution is -2.43. The van der Waals surface area contributed by atoms with E-state index < -0.39 is 11.7 Å². The van der Waals surface area contributed by atoms with Gasteiger partial charge in [-0.2, -0.15) is 0 Å². The standard InChI is InChI=1S/C19H29NO3/c1-18(10-15-4-2-3-5-16(15)11-18)14-20-13-17(21)12-19(22)6-8-23-9-7-19/h2-5,17,20-22H,6-14H2,1H3. The third kappa shape index (κ3) is 4.32. The van der Waals surface area contributed by atoms with Crippen LogP contribution in [0.2, 0.25) is 0 Å². The molecule has 3 rings (SSSR count). The lowest BCUT2D eigenvalue weighted by atomic mass is 9.86. The van der Waals surface area contributed by atoms with Crippen molar-refractivity contribution in [1.29, 1.82) is 0 Å². The van der Waals surface area contributed by atoms with Crippen molar-refractivity contribution in [2.75, 3.05) is 26.3 Å². The highest BCUT2D eigenvalue weighted by Crippen LogP contribution is 2.36. The Labute approximate surface area is 138 Å². The summed E-state index contributed by atoms with van der Waals surface area (Å²) in [6, 6.07) is 8.65. The monoisotopic (exact) mass is 319 g/mol. The van der Waals surface area contributed by atoms with Crippen molar-refractivity contribution in [3.05, 3.63) is 35.4 Å². The first kappa shape index (κ1) is 16.9. The van der Waals surface area contributed by atoms with E-state index in [2.05, 4.69) is 36.5 Å². The molecule has 0 amide bonds. The summed E-state index contributed by atoms with van der Waals surface area (Å²) in [4.78, 5) is 0. The van der Waals surface area contributed by atoms with Crippen LogP contribution < -0.4 is 5.32 Å². The lowest BCUT2D eigenvalue weighted by molar-refractivity contribution is -0.0861. The van der Waals surface area contributed by atoms with Gasteiger partial charge in [0.1, 0.15) is 0 Å². The van der Waals surface area contributed by atoms with E-state index in [1.165, 1.54) is 11.1 Å². The number of ether oxygens (including phenoxy) is 1. The van der Waals surface area contributed by atoms with Crippen molar-refractivity contribution < 1.29 is 14.9 Å². The number of fused-ring (bicyclic) bond motifs is 1. The average molecular weight is 319 g/mol. The molecule has 0 spiro atoms. The van der Waals surface area contributed by atoms with Gasteiger partial charge < -0.3 is 20.3 Å². The highest BCUT2D eigenvalue weighted by atomic mass is 16.5. The quantitative estimate of drug-likeness (QED) is 0.746. The summed E-state index contributed by atoms with van der Waals surface area (Å²) in [5, 5.41) is 24.1. The van der Waals surface area contributed by atoms with E-state index in [0.29, 0.717) is 39.0 Å². The first-order valence-electron chi connectivity index (χ1n) is 8.74. The molecule has 3 N–H and O–H groups in total.